The van der Waals surface area contributed by atoms with E-state index in [1.165, 1.54) is 5.19 Å². The van der Waals surface area contributed by atoms with Gasteiger partial charge in [-0.2, -0.15) is 0 Å². The van der Waals surface area contributed by atoms with Gasteiger partial charge in [-0.3, -0.25) is 0 Å². The Labute approximate surface area is 81.8 Å². The summed E-state index contributed by atoms with van der Waals surface area (Å²) in [5, 5.41) is 1.36. The fourth-order valence-corrected chi connectivity index (χ4v) is 2.12. The van der Waals surface area contributed by atoms with Crippen LogP contribution in [0.1, 0.15) is 6.42 Å². The van der Waals surface area contributed by atoms with Crippen LogP contribution in [0.25, 0.3) is 0 Å². The van der Waals surface area contributed by atoms with Crippen LogP contribution in [0, 0.1) is 0 Å². The molecular formula is C10H16O2Si. The lowest BCUT2D eigenvalue weighted by molar-refractivity contribution is 0.174. The van der Waals surface area contributed by atoms with Crippen LogP contribution in [0.2, 0.25) is 0 Å². The molecule has 3 heteroatoms. The predicted molar refractivity (Wildman–Crippen MR) is 57.1 cm³/mol. The second-order valence-electron chi connectivity index (χ2n) is 2.88. The second-order valence-corrected chi connectivity index (χ2v) is 4.40. The third-order valence-electron chi connectivity index (χ3n) is 1.75. The van der Waals surface area contributed by atoms with E-state index in [0.717, 1.165) is 19.6 Å². The van der Waals surface area contributed by atoms with E-state index in [-0.39, 0.29) is 0 Å². The number of methoxy groups -OCH3 is 1. The van der Waals surface area contributed by atoms with Crippen LogP contribution in [0.4, 0.5) is 0 Å². The van der Waals surface area contributed by atoms with Gasteiger partial charge in [0.05, 0.1) is 0 Å². The first-order valence-electron chi connectivity index (χ1n) is 4.54. The maximum atomic E-state index is 5.58. The molecule has 0 aliphatic rings. The Morgan fingerprint density at radius 3 is 2.62 bits per heavy atom. The van der Waals surface area contributed by atoms with Gasteiger partial charge in [-0.15, -0.1) is 0 Å². The highest BCUT2D eigenvalue weighted by atomic mass is 28.2. The molecule has 72 valence electrons. The topological polar surface area (TPSA) is 18.5 Å². The predicted octanol–water partition coefficient (Wildman–Crippen LogP) is 0.449. The fourth-order valence-electron chi connectivity index (χ4n) is 1.07. The standard InChI is InChI=1S/C10H16O2Si/c1-11-8-5-9-12-13-10-6-3-2-4-7-10/h2-4,6-7H,5,8-9,13H2,1H3. The Morgan fingerprint density at radius 2 is 1.92 bits per heavy atom. The van der Waals surface area contributed by atoms with Gasteiger partial charge in [-0.05, 0) is 11.6 Å². The van der Waals surface area contributed by atoms with E-state index in [4.69, 9.17) is 9.16 Å². The van der Waals surface area contributed by atoms with Crippen LogP contribution in [0.15, 0.2) is 30.3 Å². The van der Waals surface area contributed by atoms with Crippen molar-refractivity contribution in [2.75, 3.05) is 20.3 Å². The molecule has 0 fully saturated rings. The summed E-state index contributed by atoms with van der Waals surface area (Å²) in [4.78, 5) is 0. The minimum absolute atomic E-state index is 0.495. The summed E-state index contributed by atoms with van der Waals surface area (Å²) >= 11 is 0. The Kier molecular flexibility index (Phi) is 5.48. The molecule has 0 spiro atoms. The zero-order valence-corrected chi connectivity index (χ0v) is 9.45. The minimum Gasteiger partial charge on any atom is -0.418 e. The van der Waals surface area contributed by atoms with E-state index in [2.05, 4.69) is 24.3 Å². The van der Waals surface area contributed by atoms with Crippen molar-refractivity contribution in [3.8, 4) is 0 Å². The number of benzene rings is 1. The van der Waals surface area contributed by atoms with Crippen molar-refractivity contribution < 1.29 is 9.16 Å². The van der Waals surface area contributed by atoms with Gasteiger partial charge in [0, 0.05) is 20.3 Å². The highest BCUT2D eigenvalue weighted by Crippen LogP contribution is 1.84. The van der Waals surface area contributed by atoms with Gasteiger partial charge in [0.25, 0.3) is 0 Å². The Morgan fingerprint density at radius 1 is 1.15 bits per heavy atom. The van der Waals surface area contributed by atoms with Gasteiger partial charge in [-0.25, -0.2) is 0 Å². The average molecular weight is 196 g/mol. The van der Waals surface area contributed by atoms with Crippen LogP contribution in [-0.2, 0) is 9.16 Å². The largest absolute Gasteiger partial charge is 0.418 e. The number of ether oxygens (including phenoxy) is 1. The van der Waals surface area contributed by atoms with Crippen LogP contribution in [0.5, 0.6) is 0 Å². The lowest BCUT2D eigenvalue weighted by atomic mass is 10.4. The first-order valence-corrected chi connectivity index (χ1v) is 5.82. The van der Waals surface area contributed by atoms with E-state index in [1.807, 2.05) is 6.07 Å². The Bertz CT molecular complexity index is 213. The normalized spacial score (nSPS) is 11.2. The molecule has 0 heterocycles. The van der Waals surface area contributed by atoms with Crippen molar-refractivity contribution in [3.05, 3.63) is 30.3 Å². The SMILES string of the molecule is COCCCO[SiH2]c1ccccc1. The summed E-state index contributed by atoms with van der Waals surface area (Å²) in [5.41, 5.74) is 0. The first-order chi connectivity index (χ1) is 6.43. The molecule has 1 aromatic carbocycles. The Hall–Kier alpha value is -0.643. The van der Waals surface area contributed by atoms with Crippen molar-refractivity contribution in [1.82, 2.24) is 0 Å². The van der Waals surface area contributed by atoms with Gasteiger partial charge in [0.15, 0.2) is 9.76 Å². The molecule has 0 aromatic heterocycles. The van der Waals surface area contributed by atoms with Crippen LogP contribution < -0.4 is 5.19 Å². The molecule has 1 aromatic rings. The summed E-state index contributed by atoms with van der Waals surface area (Å²) in [6.45, 7) is 1.62. The summed E-state index contributed by atoms with van der Waals surface area (Å²) in [6, 6.07) is 10.4. The van der Waals surface area contributed by atoms with Crippen molar-refractivity contribution in [2.45, 2.75) is 6.42 Å². The molecule has 0 atom stereocenters. The monoisotopic (exact) mass is 196 g/mol. The molecule has 0 aliphatic heterocycles. The van der Waals surface area contributed by atoms with Gasteiger partial charge in [-0.1, -0.05) is 30.3 Å². The molecule has 0 saturated carbocycles. The summed E-state index contributed by atoms with van der Waals surface area (Å²) in [5.74, 6) is 0. The molecule has 0 amide bonds. The quantitative estimate of drug-likeness (QED) is 0.486. The van der Waals surface area contributed by atoms with Crippen molar-refractivity contribution in [3.63, 3.8) is 0 Å². The maximum Gasteiger partial charge on any atom is 0.192 e. The minimum atomic E-state index is -0.495. The highest BCUT2D eigenvalue weighted by molar-refractivity contribution is 6.46. The second kappa shape index (κ2) is 6.83. The molecule has 13 heavy (non-hydrogen) atoms. The van der Waals surface area contributed by atoms with E-state index in [1.54, 1.807) is 7.11 Å². The lowest BCUT2D eigenvalue weighted by Crippen LogP contribution is -2.17. The van der Waals surface area contributed by atoms with Crippen molar-refractivity contribution in [1.29, 1.82) is 0 Å². The van der Waals surface area contributed by atoms with Gasteiger partial charge in [0.1, 0.15) is 0 Å². The van der Waals surface area contributed by atoms with Crippen LogP contribution in [-0.4, -0.2) is 30.1 Å². The summed E-state index contributed by atoms with van der Waals surface area (Å²) < 4.78 is 10.5. The smallest absolute Gasteiger partial charge is 0.192 e. The third kappa shape index (κ3) is 4.82. The third-order valence-corrected chi connectivity index (χ3v) is 3.05. The summed E-state index contributed by atoms with van der Waals surface area (Å²) in [6.07, 6.45) is 0.996. The van der Waals surface area contributed by atoms with E-state index < -0.39 is 9.76 Å². The maximum absolute atomic E-state index is 5.58. The zero-order chi connectivity index (χ0) is 9.36. The highest BCUT2D eigenvalue weighted by Gasteiger charge is 1.92. The number of hydrogen-bond acceptors (Lipinski definition) is 2. The Balaban J connectivity index is 2.07. The molecule has 2 nitrogen and oxygen atoms in total. The lowest BCUT2D eigenvalue weighted by Gasteiger charge is -2.02. The van der Waals surface area contributed by atoms with Crippen molar-refractivity contribution in [2.24, 2.45) is 0 Å². The fraction of sp³-hybridized carbons (Fsp3) is 0.400. The molecule has 0 saturated heterocycles. The van der Waals surface area contributed by atoms with Gasteiger partial charge < -0.3 is 9.16 Å². The number of rotatable bonds is 6. The van der Waals surface area contributed by atoms with E-state index in [0.29, 0.717) is 0 Å². The molecule has 0 unspecified atom stereocenters. The van der Waals surface area contributed by atoms with E-state index >= 15 is 0 Å². The summed E-state index contributed by atoms with van der Waals surface area (Å²) in [7, 11) is 1.22. The van der Waals surface area contributed by atoms with Crippen LogP contribution >= 0.6 is 0 Å². The molecule has 0 N–H and O–H groups in total. The van der Waals surface area contributed by atoms with E-state index in [9.17, 15) is 0 Å². The molecule has 1 rings (SSSR count). The molecular weight excluding hydrogens is 180 g/mol. The molecule has 0 aliphatic carbocycles. The average Bonchev–Trinajstić information content (AvgIpc) is 2.19. The van der Waals surface area contributed by atoms with Crippen LogP contribution in [0.3, 0.4) is 0 Å². The zero-order valence-electron chi connectivity index (χ0n) is 8.03. The first kappa shape index (κ1) is 10.4. The van der Waals surface area contributed by atoms with Crippen molar-refractivity contribution >= 4 is 14.9 Å². The molecule has 0 bridgehead atoms. The number of hydrogen-bond donors (Lipinski definition) is 0. The van der Waals surface area contributed by atoms with Gasteiger partial charge in [0.2, 0.25) is 0 Å². The molecule has 0 radical (unpaired) electrons. The van der Waals surface area contributed by atoms with Gasteiger partial charge >= 0.3 is 0 Å².